The summed E-state index contributed by atoms with van der Waals surface area (Å²) in [7, 11) is 0. The number of aromatic carboxylic acids is 1. The Hall–Kier alpha value is -1.84. The van der Waals surface area contributed by atoms with Gasteiger partial charge in [0.25, 0.3) is 0 Å². The van der Waals surface area contributed by atoms with Crippen LogP contribution in [0.25, 0.3) is 6.08 Å². The third kappa shape index (κ3) is 1.26. The Labute approximate surface area is 74.8 Å². The van der Waals surface area contributed by atoms with E-state index in [1.165, 1.54) is 6.20 Å². The molecule has 0 unspecified atom stereocenters. The second-order valence-electron chi connectivity index (χ2n) is 2.70. The molecule has 0 saturated carbocycles. The van der Waals surface area contributed by atoms with Crippen molar-refractivity contribution in [2.24, 2.45) is 0 Å². The summed E-state index contributed by atoms with van der Waals surface area (Å²) in [6, 6.07) is 0. The van der Waals surface area contributed by atoms with E-state index in [1.54, 1.807) is 10.6 Å². The summed E-state index contributed by atoms with van der Waals surface area (Å²) in [6.07, 6.45) is 8.77. The van der Waals surface area contributed by atoms with Crippen molar-refractivity contribution in [3.05, 3.63) is 35.9 Å². The first-order chi connectivity index (χ1) is 6.29. The van der Waals surface area contributed by atoms with Gasteiger partial charge in [-0.05, 0) is 6.08 Å². The third-order valence-corrected chi connectivity index (χ3v) is 1.89. The lowest BCUT2D eigenvalue weighted by Gasteiger charge is -2.02. The first-order valence-corrected chi connectivity index (χ1v) is 3.91. The quantitative estimate of drug-likeness (QED) is 0.698. The van der Waals surface area contributed by atoms with Gasteiger partial charge in [0.2, 0.25) is 0 Å². The lowest BCUT2D eigenvalue weighted by molar-refractivity contribution is 0.0685. The van der Waals surface area contributed by atoms with Crippen molar-refractivity contribution in [1.82, 2.24) is 9.55 Å². The third-order valence-electron chi connectivity index (χ3n) is 1.89. The van der Waals surface area contributed by atoms with Crippen LogP contribution in [-0.2, 0) is 6.54 Å². The number of carboxylic acids is 1. The molecule has 0 atom stereocenters. The van der Waals surface area contributed by atoms with Gasteiger partial charge in [-0.2, -0.15) is 0 Å². The zero-order chi connectivity index (χ0) is 9.26. The van der Waals surface area contributed by atoms with Crippen LogP contribution in [-0.4, -0.2) is 20.6 Å². The van der Waals surface area contributed by atoms with Gasteiger partial charge in [0.15, 0.2) is 0 Å². The lowest BCUT2D eigenvalue weighted by Crippen LogP contribution is -2.08. The van der Waals surface area contributed by atoms with Gasteiger partial charge in [-0.3, -0.25) is 0 Å². The van der Waals surface area contributed by atoms with Crippen molar-refractivity contribution in [1.29, 1.82) is 0 Å². The molecule has 66 valence electrons. The lowest BCUT2D eigenvalue weighted by atomic mass is 10.4. The highest BCUT2D eigenvalue weighted by atomic mass is 16.4. The number of nitrogens with zero attached hydrogens (tertiary/aromatic N) is 2. The summed E-state index contributed by atoms with van der Waals surface area (Å²) in [6.45, 7) is 0.559. The molecule has 1 aromatic heterocycles. The van der Waals surface area contributed by atoms with Crippen LogP contribution in [0.1, 0.15) is 16.3 Å². The number of fused-ring (bicyclic) bond motifs is 1. The highest BCUT2D eigenvalue weighted by molar-refractivity contribution is 5.86. The van der Waals surface area contributed by atoms with Crippen molar-refractivity contribution < 1.29 is 9.90 Å². The maximum Gasteiger partial charge on any atom is 0.354 e. The molecule has 1 aromatic rings. The van der Waals surface area contributed by atoms with Crippen LogP contribution in [0.3, 0.4) is 0 Å². The van der Waals surface area contributed by atoms with Crippen molar-refractivity contribution in [3.63, 3.8) is 0 Å². The predicted octanol–water partition coefficient (Wildman–Crippen LogP) is 1.16. The van der Waals surface area contributed by atoms with E-state index >= 15 is 0 Å². The number of carbonyl (C=O) groups is 1. The minimum absolute atomic E-state index is 0.228. The zero-order valence-corrected chi connectivity index (χ0v) is 6.84. The Morgan fingerprint density at radius 2 is 2.38 bits per heavy atom. The summed E-state index contributed by atoms with van der Waals surface area (Å²) in [4.78, 5) is 14.7. The minimum Gasteiger partial charge on any atom is -0.477 e. The number of hydrogen-bond acceptors (Lipinski definition) is 2. The van der Waals surface area contributed by atoms with E-state index in [2.05, 4.69) is 4.98 Å². The van der Waals surface area contributed by atoms with Gasteiger partial charge in [0.1, 0.15) is 11.5 Å². The van der Waals surface area contributed by atoms with Crippen LogP contribution < -0.4 is 0 Å². The predicted molar refractivity (Wildman–Crippen MR) is 47.4 cm³/mol. The normalized spacial score (nSPS) is 13.8. The molecular formula is C9H8N2O2. The Balaban J connectivity index is 2.53. The fourth-order valence-corrected chi connectivity index (χ4v) is 1.27. The number of hydrogen-bond donors (Lipinski definition) is 1. The maximum absolute atomic E-state index is 10.7. The van der Waals surface area contributed by atoms with E-state index < -0.39 is 5.97 Å². The van der Waals surface area contributed by atoms with Gasteiger partial charge >= 0.3 is 5.97 Å². The topological polar surface area (TPSA) is 55.1 Å². The average Bonchev–Trinajstić information content (AvgIpc) is 2.36. The molecule has 13 heavy (non-hydrogen) atoms. The Morgan fingerprint density at radius 3 is 3.15 bits per heavy atom. The number of aromatic nitrogens is 2. The van der Waals surface area contributed by atoms with E-state index in [4.69, 9.17) is 5.11 Å². The largest absolute Gasteiger partial charge is 0.477 e. The van der Waals surface area contributed by atoms with Crippen LogP contribution in [0.2, 0.25) is 0 Å². The molecule has 1 aliphatic heterocycles. The fourth-order valence-electron chi connectivity index (χ4n) is 1.27. The molecule has 2 heterocycles. The second-order valence-corrected chi connectivity index (χ2v) is 2.70. The van der Waals surface area contributed by atoms with Gasteiger partial charge in [-0.25, -0.2) is 9.78 Å². The van der Waals surface area contributed by atoms with Crippen LogP contribution >= 0.6 is 0 Å². The number of imidazole rings is 1. The van der Waals surface area contributed by atoms with E-state index in [9.17, 15) is 4.79 Å². The average molecular weight is 176 g/mol. The summed E-state index contributed by atoms with van der Waals surface area (Å²) in [5.41, 5.74) is 0.228. The van der Waals surface area contributed by atoms with Gasteiger partial charge < -0.3 is 9.67 Å². The molecule has 0 amide bonds. The van der Waals surface area contributed by atoms with Gasteiger partial charge in [-0.1, -0.05) is 18.2 Å². The van der Waals surface area contributed by atoms with Crippen LogP contribution in [0.5, 0.6) is 0 Å². The Kier molecular flexibility index (Phi) is 1.73. The second kappa shape index (κ2) is 2.90. The van der Waals surface area contributed by atoms with E-state index in [0.29, 0.717) is 12.4 Å². The molecule has 0 saturated heterocycles. The maximum atomic E-state index is 10.7. The van der Waals surface area contributed by atoms with E-state index in [1.807, 2.05) is 18.2 Å². The van der Waals surface area contributed by atoms with Crippen molar-refractivity contribution in [3.8, 4) is 0 Å². The van der Waals surface area contributed by atoms with Crippen LogP contribution in [0.4, 0.5) is 0 Å². The summed E-state index contributed by atoms with van der Waals surface area (Å²) < 4.78 is 1.66. The summed E-state index contributed by atoms with van der Waals surface area (Å²) in [5.74, 6) is -0.259. The van der Waals surface area contributed by atoms with Gasteiger partial charge in [0.05, 0.1) is 6.20 Å². The summed E-state index contributed by atoms with van der Waals surface area (Å²) >= 11 is 0. The molecule has 1 aliphatic rings. The highest BCUT2D eigenvalue weighted by Gasteiger charge is 2.13. The first-order valence-electron chi connectivity index (χ1n) is 3.91. The first kappa shape index (κ1) is 7.79. The molecule has 4 nitrogen and oxygen atoms in total. The molecule has 0 aliphatic carbocycles. The minimum atomic E-state index is -0.942. The monoisotopic (exact) mass is 176 g/mol. The van der Waals surface area contributed by atoms with Crippen LogP contribution in [0, 0.1) is 0 Å². The highest BCUT2D eigenvalue weighted by Crippen LogP contribution is 2.10. The van der Waals surface area contributed by atoms with Crippen molar-refractivity contribution in [2.75, 3.05) is 0 Å². The zero-order valence-electron chi connectivity index (χ0n) is 6.84. The molecule has 0 aromatic carbocycles. The van der Waals surface area contributed by atoms with Gasteiger partial charge in [0, 0.05) is 6.54 Å². The molecule has 0 bridgehead atoms. The van der Waals surface area contributed by atoms with Crippen molar-refractivity contribution in [2.45, 2.75) is 6.54 Å². The molecule has 1 N–H and O–H groups in total. The molecule has 0 radical (unpaired) electrons. The summed E-state index contributed by atoms with van der Waals surface area (Å²) in [5, 5.41) is 8.81. The Bertz CT molecular complexity index is 402. The van der Waals surface area contributed by atoms with Crippen molar-refractivity contribution >= 4 is 12.0 Å². The molecular weight excluding hydrogens is 168 g/mol. The fraction of sp³-hybridized carbons (Fsp3) is 0.111. The smallest absolute Gasteiger partial charge is 0.354 e. The van der Waals surface area contributed by atoms with Gasteiger partial charge in [-0.15, -0.1) is 0 Å². The van der Waals surface area contributed by atoms with E-state index in [0.717, 1.165) is 0 Å². The molecule has 0 spiro atoms. The SMILES string of the molecule is O=C(O)c1cnc2n1CC=CC=C2. The number of allylic oxidation sites excluding steroid dienone is 3. The number of rotatable bonds is 1. The molecule has 4 heteroatoms. The molecule has 2 rings (SSSR count). The Morgan fingerprint density at radius 1 is 1.54 bits per heavy atom. The number of carboxylic acid groups (broad SMARTS) is 1. The van der Waals surface area contributed by atoms with Crippen LogP contribution in [0.15, 0.2) is 24.4 Å². The standard InChI is InChI=1S/C9H8N2O2/c12-9(13)7-6-10-8-4-2-1-3-5-11(7)8/h1-4,6H,5H2,(H,12,13). The van der Waals surface area contributed by atoms with E-state index in [-0.39, 0.29) is 5.69 Å². The molecule has 0 fully saturated rings.